The lowest BCUT2D eigenvalue weighted by atomic mass is 10.0. The molecule has 0 aliphatic carbocycles. The third-order valence-electron chi connectivity index (χ3n) is 5.41. The lowest BCUT2D eigenvalue weighted by Gasteiger charge is -2.14. The number of anilines is 1. The number of ether oxygens (including phenoxy) is 2. The van der Waals surface area contributed by atoms with Crippen molar-refractivity contribution in [2.45, 2.75) is 19.8 Å². The zero-order valence-electron chi connectivity index (χ0n) is 19.6. The van der Waals surface area contributed by atoms with E-state index in [4.69, 9.17) is 37.7 Å². The van der Waals surface area contributed by atoms with E-state index >= 15 is 0 Å². The molecule has 2 N–H and O–H groups in total. The van der Waals surface area contributed by atoms with Gasteiger partial charge in [-0.05, 0) is 66.2 Å². The molecule has 0 atom stereocenters. The summed E-state index contributed by atoms with van der Waals surface area (Å²) in [5, 5.41) is 6.22. The SMILES string of the molecule is COc1cccc(OC)c1C(=O)NC(=S)Nc1ccc(Cl)c(-c2nc3cc(C(C)C)ccc3o2)c1. The number of amides is 1. The van der Waals surface area contributed by atoms with Gasteiger partial charge in [-0.2, -0.15) is 0 Å². The fourth-order valence-corrected chi connectivity index (χ4v) is 4.00. The average molecular weight is 510 g/mol. The van der Waals surface area contributed by atoms with Crippen LogP contribution >= 0.6 is 23.8 Å². The Labute approximate surface area is 213 Å². The Morgan fingerprint density at radius 2 is 1.77 bits per heavy atom. The van der Waals surface area contributed by atoms with Gasteiger partial charge in [-0.3, -0.25) is 10.1 Å². The van der Waals surface area contributed by atoms with E-state index in [9.17, 15) is 4.79 Å². The van der Waals surface area contributed by atoms with Crippen LogP contribution in [0.3, 0.4) is 0 Å². The van der Waals surface area contributed by atoms with Crippen LogP contribution in [0.1, 0.15) is 35.7 Å². The number of fused-ring (bicyclic) bond motifs is 1. The van der Waals surface area contributed by atoms with Gasteiger partial charge in [0.25, 0.3) is 5.91 Å². The minimum absolute atomic E-state index is 0.0929. The number of carbonyl (C=O) groups excluding carboxylic acids is 1. The largest absolute Gasteiger partial charge is 0.496 e. The van der Waals surface area contributed by atoms with Gasteiger partial charge in [0, 0.05) is 5.69 Å². The molecular formula is C26H24ClN3O4S. The Hall–Kier alpha value is -3.62. The molecule has 3 aromatic carbocycles. The summed E-state index contributed by atoms with van der Waals surface area (Å²) >= 11 is 11.8. The standard InChI is InChI=1S/C26H24ClN3O4S/c1-14(2)15-8-11-20-19(12-15)29-25(34-20)17-13-16(9-10-18(17)27)28-26(35)30-24(31)23-21(32-3)6-5-7-22(23)33-4/h5-14H,1-4H3,(H2,28,30,31,35). The molecule has 0 radical (unpaired) electrons. The van der Waals surface area contributed by atoms with Gasteiger partial charge in [0.05, 0.1) is 24.8 Å². The topological polar surface area (TPSA) is 85.6 Å². The van der Waals surface area contributed by atoms with Crippen molar-refractivity contribution in [2.75, 3.05) is 19.5 Å². The van der Waals surface area contributed by atoms with E-state index in [0.29, 0.717) is 45.2 Å². The summed E-state index contributed by atoms with van der Waals surface area (Å²) < 4.78 is 16.5. The van der Waals surface area contributed by atoms with Gasteiger partial charge in [0.1, 0.15) is 22.6 Å². The number of benzene rings is 3. The first-order valence-electron chi connectivity index (χ1n) is 10.8. The number of oxazole rings is 1. The Balaban J connectivity index is 1.55. The maximum absolute atomic E-state index is 12.9. The second kappa shape index (κ2) is 10.3. The van der Waals surface area contributed by atoms with E-state index in [-0.39, 0.29) is 10.7 Å². The van der Waals surface area contributed by atoms with Gasteiger partial charge < -0.3 is 19.2 Å². The summed E-state index contributed by atoms with van der Waals surface area (Å²) in [6, 6.07) is 16.2. The van der Waals surface area contributed by atoms with E-state index in [1.54, 1.807) is 36.4 Å². The molecule has 180 valence electrons. The molecule has 1 amide bonds. The number of halogens is 1. The fraction of sp³-hybridized carbons (Fsp3) is 0.192. The molecule has 1 heterocycles. The average Bonchev–Trinajstić information content (AvgIpc) is 3.27. The molecular weight excluding hydrogens is 486 g/mol. The molecule has 1 aromatic heterocycles. The first kappa shape index (κ1) is 24.5. The number of aromatic nitrogens is 1. The lowest BCUT2D eigenvalue weighted by Crippen LogP contribution is -2.34. The van der Waals surface area contributed by atoms with Crippen molar-refractivity contribution >= 4 is 51.6 Å². The van der Waals surface area contributed by atoms with Gasteiger partial charge in [0.15, 0.2) is 10.7 Å². The molecule has 9 heteroatoms. The van der Waals surface area contributed by atoms with Gasteiger partial charge in [-0.25, -0.2) is 4.98 Å². The number of nitrogens with one attached hydrogen (secondary N) is 2. The zero-order chi connectivity index (χ0) is 25.1. The first-order valence-corrected chi connectivity index (χ1v) is 11.6. The summed E-state index contributed by atoms with van der Waals surface area (Å²) in [6.07, 6.45) is 0. The van der Waals surface area contributed by atoms with Crippen molar-refractivity contribution < 1.29 is 18.7 Å². The number of nitrogens with zero attached hydrogens (tertiary/aromatic N) is 1. The monoisotopic (exact) mass is 509 g/mol. The van der Waals surface area contributed by atoms with E-state index < -0.39 is 5.91 Å². The van der Waals surface area contributed by atoms with Crippen molar-refractivity contribution in [3.63, 3.8) is 0 Å². The molecule has 0 fully saturated rings. The molecule has 4 rings (SSSR count). The summed E-state index contributed by atoms with van der Waals surface area (Å²) in [6.45, 7) is 4.25. The molecule has 0 saturated heterocycles. The highest BCUT2D eigenvalue weighted by Gasteiger charge is 2.20. The van der Waals surface area contributed by atoms with Crippen molar-refractivity contribution in [2.24, 2.45) is 0 Å². The molecule has 0 aliphatic rings. The molecule has 0 aliphatic heterocycles. The summed E-state index contributed by atoms with van der Waals surface area (Å²) in [5.74, 6) is 1.04. The molecule has 35 heavy (non-hydrogen) atoms. The lowest BCUT2D eigenvalue weighted by molar-refractivity contribution is 0.0971. The van der Waals surface area contributed by atoms with Crippen molar-refractivity contribution in [1.82, 2.24) is 10.3 Å². The van der Waals surface area contributed by atoms with Gasteiger partial charge in [-0.15, -0.1) is 0 Å². The van der Waals surface area contributed by atoms with Crippen LogP contribution in [0.15, 0.2) is 59.0 Å². The van der Waals surface area contributed by atoms with E-state index in [2.05, 4.69) is 29.5 Å². The number of methoxy groups -OCH3 is 2. The quantitative estimate of drug-likeness (QED) is 0.290. The van der Waals surface area contributed by atoms with Crippen LogP contribution in [-0.2, 0) is 0 Å². The van der Waals surface area contributed by atoms with Crippen LogP contribution in [0.2, 0.25) is 5.02 Å². The van der Waals surface area contributed by atoms with Crippen molar-refractivity contribution in [3.05, 3.63) is 70.7 Å². The number of hydrogen-bond acceptors (Lipinski definition) is 6. The highest BCUT2D eigenvalue weighted by Crippen LogP contribution is 2.33. The first-order chi connectivity index (χ1) is 16.8. The summed E-state index contributed by atoms with van der Waals surface area (Å²) in [4.78, 5) is 17.5. The van der Waals surface area contributed by atoms with Crippen LogP contribution in [0.5, 0.6) is 11.5 Å². The zero-order valence-corrected chi connectivity index (χ0v) is 21.2. The minimum atomic E-state index is -0.467. The number of carbonyl (C=O) groups is 1. The maximum atomic E-state index is 12.9. The predicted molar refractivity (Wildman–Crippen MR) is 142 cm³/mol. The van der Waals surface area contributed by atoms with Crippen LogP contribution in [0, 0.1) is 0 Å². The van der Waals surface area contributed by atoms with Gasteiger partial charge in [0.2, 0.25) is 5.89 Å². The predicted octanol–water partition coefficient (Wildman–Crippen LogP) is 6.42. The highest BCUT2D eigenvalue weighted by atomic mass is 35.5. The summed E-state index contributed by atoms with van der Waals surface area (Å²) in [7, 11) is 2.96. The summed E-state index contributed by atoms with van der Waals surface area (Å²) in [5.41, 5.74) is 4.05. The molecule has 0 saturated carbocycles. The van der Waals surface area contributed by atoms with E-state index in [0.717, 1.165) is 5.52 Å². The van der Waals surface area contributed by atoms with Gasteiger partial charge >= 0.3 is 0 Å². The van der Waals surface area contributed by atoms with Crippen molar-refractivity contribution in [1.29, 1.82) is 0 Å². The maximum Gasteiger partial charge on any atom is 0.264 e. The van der Waals surface area contributed by atoms with Gasteiger partial charge in [-0.1, -0.05) is 37.6 Å². The second-order valence-corrected chi connectivity index (χ2v) is 8.86. The van der Waals surface area contributed by atoms with Crippen LogP contribution in [-0.4, -0.2) is 30.2 Å². The molecule has 4 aromatic rings. The highest BCUT2D eigenvalue weighted by molar-refractivity contribution is 7.80. The Morgan fingerprint density at radius 1 is 1.06 bits per heavy atom. The molecule has 0 bridgehead atoms. The Morgan fingerprint density at radius 3 is 2.43 bits per heavy atom. The minimum Gasteiger partial charge on any atom is -0.496 e. The molecule has 0 unspecified atom stereocenters. The smallest absolute Gasteiger partial charge is 0.264 e. The van der Waals surface area contributed by atoms with E-state index in [1.165, 1.54) is 19.8 Å². The Kier molecular flexibility index (Phi) is 7.23. The Bertz CT molecular complexity index is 1390. The normalized spacial score (nSPS) is 10.9. The molecule has 0 spiro atoms. The molecule has 7 nitrogen and oxygen atoms in total. The fourth-order valence-electron chi connectivity index (χ4n) is 3.59. The van der Waals surface area contributed by atoms with Crippen LogP contribution < -0.4 is 20.1 Å². The third-order valence-corrected chi connectivity index (χ3v) is 5.95. The van der Waals surface area contributed by atoms with E-state index in [1.807, 2.05) is 18.2 Å². The third kappa shape index (κ3) is 5.23. The number of hydrogen-bond donors (Lipinski definition) is 2. The number of thiocarbonyl (C=S) groups is 1. The van der Waals surface area contributed by atoms with Crippen LogP contribution in [0.4, 0.5) is 5.69 Å². The van der Waals surface area contributed by atoms with Crippen molar-refractivity contribution in [3.8, 4) is 23.0 Å². The second-order valence-electron chi connectivity index (χ2n) is 8.04. The van der Waals surface area contributed by atoms with Crippen LogP contribution in [0.25, 0.3) is 22.6 Å². The number of rotatable bonds is 6.